The molecule has 0 bridgehead atoms. The summed E-state index contributed by atoms with van der Waals surface area (Å²) in [5, 5.41) is 10.5. The van der Waals surface area contributed by atoms with Crippen LogP contribution in [0.1, 0.15) is 50.4 Å². The second kappa shape index (κ2) is 7.74. The second-order valence-corrected chi connectivity index (χ2v) is 8.13. The lowest BCUT2D eigenvalue weighted by Gasteiger charge is -2.32. The lowest BCUT2D eigenvalue weighted by molar-refractivity contribution is 0.0685. The Morgan fingerprint density at radius 1 is 1.10 bits per heavy atom. The number of benzene rings is 2. The third kappa shape index (κ3) is 3.90. The number of H-pyrrole nitrogens is 1. The molecular weight excluding hydrogens is 364 g/mol. The van der Waals surface area contributed by atoms with Crippen molar-refractivity contribution in [2.75, 3.05) is 13.1 Å². The van der Waals surface area contributed by atoms with Crippen molar-refractivity contribution in [3.8, 4) is 0 Å². The molecule has 4 rings (SSSR count). The molecular formula is C24H26N2O3. The van der Waals surface area contributed by atoms with Crippen molar-refractivity contribution in [1.29, 1.82) is 0 Å². The van der Waals surface area contributed by atoms with E-state index in [-0.39, 0.29) is 5.91 Å². The molecule has 3 aromatic rings. The molecule has 29 heavy (non-hydrogen) atoms. The Kier molecular flexibility index (Phi) is 5.14. The minimum absolute atomic E-state index is 0.0441. The van der Waals surface area contributed by atoms with Gasteiger partial charge in [0.05, 0.1) is 5.56 Å². The molecule has 0 spiro atoms. The van der Waals surface area contributed by atoms with Gasteiger partial charge >= 0.3 is 5.97 Å². The van der Waals surface area contributed by atoms with E-state index in [1.54, 1.807) is 12.1 Å². The number of rotatable bonds is 4. The zero-order valence-corrected chi connectivity index (χ0v) is 16.9. The summed E-state index contributed by atoms with van der Waals surface area (Å²) in [5.41, 5.74) is 5.26. The Balaban J connectivity index is 1.43. The molecule has 0 atom stereocenters. The van der Waals surface area contributed by atoms with E-state index in [2.05, 4.69) is 31.0 Å². The topological polar surface area (TPSA) is 73.4 Å². The average molecular weight is 390 g/mol. The number of aromatic nitrogens is 1. The fourth-order valence-electron chi connectivity index (χ4n) is 4.44. The molecule has 150 valence electrons. The van der Waals surface area contributed by atoms with Gasteiger partial charge in [-0.25, -0.2) is 4.79 Å². The molecule has 0 aliphatic carbocycles. The first-order chi connectivity index (χ1) is 13.9. The Hall–Kier alpha value is -3.08. The van der Waals surface area contributed by atoms with Crippen molar-refractivity contribution in [3.63, 3.8) is 0 Å². The number of nitrogens with zero attached hydrogens (tertiary/aromatic N) is 1. The number of aromatic carboxylic acids is 1. The van der Waals surface area contributed by atoms with Crippen LogP contribution in [0.3, 0.4) is 0 Å². The molecule has 2 N–H and O–H groups in total. The summed E-state index contributed by atoms with van der Waals surface area (Å²) in [6.07, 6.45) is 2.52. The van der Waals surface area contributed by atoms with E-state index < -0.39 is 5.97 Å². The average Bonchev–Trinajstić information content (AvgIpc) is 3.13. The Morgan fingerprint density at radius 2 is 1.83 bits per heavy atom. The zero-order chi connectivity index (χ0) is 20.5. The fraction of sp³-hybridized carbons (Fsp3) is 0.333. The summed E-state index contributed by atoms with van der Waals surface area (Å²) >= 11 is 0. The van der Waals surface area contributed by atoms with Crippen LogP contribution >= 0.6 is 0 Å². The third-order valence-corrected chi connectivity index (χ3v) is 5.98. The van der Waals surface area contributed by atoms with Gasteiger partial charge in [-0.15, -0.1) is 0 Å². The van der Waals surface area contributed by atoms with Crippen molar-refractivity contribution >= 4 is 22.8 Å². The smallest absolute Gasteiger partial charge is 0.335 e. The summed E-state index contributed by atoms with van der Waals surface area (Å²) in [6.45, 7) is 5.53. The van der Waals surface area contributed by atoms with Gasteiger partial charge in [-0.05, 0) is 73.9 Å². The first-order valence-electron chi connectivity index (χ1n) is 10.1. The van der Waals surface area contributed by atoms with Gasteiger partial charge in [0.1, 0.15) is 5.69 Å². The van der Waals surface area contributed by atoms with Crippen molar-refractivity contribution in [2.24, 2.45) is 5.92 Å². The highest BCUT2D eigenvalue weighted by atomic mass is 16.4. The molecule has 1 fully saturated rings. The highest BCUT2D eigenvalue weighted by molar-refractivity contribution is 5.99. The van der Waals surface area contributed by atoms with Crippen LogP contribution in [0.2, 0.25) is 0 Å². The van der Waals surface area contributed by atoms with Gasteiger partial charge in [0.15, 0.2) is 0 Å². The highest BCUT2D eigenvalue weighted by Gasteiger charge is 2.26. The summed E-state index contributed by atoms with van der Waals surface area (Å²) < 4.78 is 0. The summed E-state index contributed by atoms with van der Waals surface area (Å²) in [6, 6.07) is 13.4. The number of aryl methyl sites for hydroxylation is 2. The largest absolute Gasteiger partial charge is 0.478 e. The molecule has 0 radical (unpaired) electrons. The van der Waals surface area contributed by atoms with Gasteiger partial charge in [0.25, 0.3) is 5.91 Å². The van der Waals surface area contributed by atoms with E-state index in [0.717, 1.165) is 35.7 Å². The quantitative estimate of drug-likeness (QED) is 0.685. The lowest BCUT2D eigenvalue weighted by atomic mass is 9.88. The van der Waals surface area contributed by atoms with Gasteiger partial charge in [-0.3, -0.25) is 4.79 Å². The molecule has 5 heteroatoms. The minimum atomic E-state index is -0.877. The van der Waals surface area contributed by atoms with Crippen LogP contribution in [0.4, 0.5) is 0 Å². The van der Waals surface area contributed by atoms with E-state index in [1.807, 2.05) is 23.1 Å². The second-order valence-electron chi connectivity index (χ2n) is 8.13. The van der Waals surface area contributed by atoms with Crippen LogP contribution in [-0.2, 0) is 6.42 Å². The van der Waals surface area contributed by atoms with Crippen LogP contribution in [0.5, 0.6) is 0 Å². The fourth-order valence-corrected chi connectivity index (χ4v) is 4.44. The number of aromatic amines is 1. The first kappa shape index (κ1) is 19.2. The standard InChI is InChI=1S/C24H26N2O3/c1-15-11-16(2)20-14-22(25-21(20)12-15)23(27)26-9-7-17(8-10-26)13-18-5-3-4-6-19(18)24(28)29/h3-6,11-12,14,17,25H,7-10,13H2,1-2H3,(H,28,29). The number of carbonyl (C=O) groups is 2. The minimum Gasteiger partial charge on any atom is -0.478 e. The monoisotopic (exact) mass is 390 g/mol. The van der Waals surface area contributed by atoms with Crippen LogP contribution in [0, 0.1) is 19.8 Å². The molecule has 1 aromatic heterocycles. The van der Waals surface area contributed by atoms with Crippen molar-refractivity contribution in [1.82, 2.24) is 9.88 Å². The van der Waals surface area contributed by atoms with E-state index in [0.29, 0.717) is 30.3 Å². The number of nitrogens with one attached hydrogen (secondary N) is 1. The number of hydrogen-bond acceptors (Lipinski definition) is 2. The van der Waals surface area contributed by atoms with Crippen LogP contribution in [-0.4, -0.2) is 40.0 Å². The molecule has 2 aromatic carbocycles. The highest BCUT2D eigenvalue weighted by Crippen LogP contribution is 2.26. The first-order valence-corrected chi connectivity index (χ1v) is 10.1. The molecule has 2 heterocycles. The molecule has 1 aliphatic heterocycles. The Morgan fingerprint density at radius 3 is 2.55 bits per heavy atom. The summed E-state index contributed by atoms with van der Waals surface area (Å²) in [4.78, 5) is 29.6. The summed E-state index contributed by atoms with van der Waals surface area (Å²) in [7, 11) is 0. The zero-order valence-electron chi connectivity index (χ0n) is 16.9. The molecule has 5 nitrogen and oxygen atoms in total. The maximum atomic E-state index is 13.0. The predicted molar refractivity (Wildman–Crippen MR) is 114 cm³/mol. The van der Waals surface area contributed by atoms with E-state index in [9.17, 15) is 14.7 Å². The molecule has 1 saturated heterocycles. The van der Waals surface area contributed by atoms with Gasteiger partial charge < -0.3 is 15.0 Å². The molecule has 0 saturated carbocycles. The summed E-state index contributed by atoms with van der Waals surface area (Å²) in [5.74, 6) is -0.438. The van der Waals surface area contributed by atoms with E-state index in [4.69, 9.17) is 0 Å². The number of fused-ring (bicyclic) bond motifs is 1. The molecule has 1 aliphatic rings. The number of likely N-dealkylation sites (tertiary alicyclic amines) is 1. The maximum absolute atomic E-state index is 13.0. The Bertz CT molecular complexity index is 1070. The predicted octanol–water partition coefficient (Wildman–Crippen LogP) is 4.58. The van der Waals surface area contributed by atoms with Gasteiger partial charge in [0, 0.05) is 24.0 Å². The van der Waals surface area contributed by atoms with Crippen molar-refractivity contribution in [3.05, 3.63) is 70.4 Å². The number of amides is 1. The van der Waals surface area contributed by atoms with Crippen LogP contribution in [0.15, 0.2) is 42.5 Å². The number of carboxylic acids is 1. The Labute approximate surface area is 170 Å². The normalized spacial score (nSPS) is 15.0. The SMILES string of the molecule is Cc1cc(C)c2cc(C(=O)N3CCC(Cc4ccccc4C(=O)O)CC3)[nH]c2c1. The number of piperidine rings is 1. The molecule has 1 amide bonds. The van der Waals surface area contributed by atoms with E-state index >= 15 is 0 Å². The van der Waals surface area contributed by atoms with Gasteiger partial charge in [-0.2, -0.15) is 0 Å². The van der Waals surface area contributed by atoms with Crippen molar-refractivity contribution < 1.29 is 14.7 Å². The third-order valence-electron chi connectivity index (χ3n) is 5.98. The number of hydrogen-bond donors (Lipinski definition) is 2. The maximum Gasteiger partial charge on any atom is 0.335 e. The van der Waals surface area contributed by atoms with Crippen LogP contribution in [0.25, 0.3) is 10.9 Å². The number of carboxylic acid groups (broad SMARTS) is 1. The van der Waals surface area contributed by atoms with Gasteiger partial charge in [-0.1, -0.05) is 24.3 Å². The van der Waals surface area contributed by atoms with Crippen LogP contribution < -0.4 is 0 Å². The van der Waals surface area contributed by atoms with Crippen molar-refractivity contribution in [2.45, 2.75) is 33.1 Å². The number of carbonyl (C=O) groups excluding carboxylic acids is 1. The lowest BCUT2D eigenvalue weighted by Crippen LogP contribution is -2.39. The van der Waals surface area contributed by atoms with E-state index in [1.165, 1.54) is 11.1 Å². The van der Waals surface area contributed by atoms with Gasteiger partial charge in [0.2, 0.25) is 0 Å². The molecule has 0 unspecified atom stereocenters.